The highest BCUT2D eigenvalue weighted by molar-refractivity contribution is 5.97. The molecular formula is C28H22N2O3. The fourth-order valence-corrected chi connectivity index (χ4v) is 4.79. The molecule has 0 radical (unpaired) electrons. The minimum Gasteiger partial charge on any atom is -0.456 e. The van der Waals surface area contributed by atoms with Crippen molar-refractivity contribution in [2.45, 2.75) is 12.0 Å². The molecule has 4 aromatic carbocycles. The molecule has 5 heteroatoms. The molecule has 0 aromatic heterocycles. The molecule has 3 N–H and O–H groups in total. The van der Waals surface area contributed by atoms with Crippen molar-refractivity contribution in [1.82, 2.24) is 0 Å². The van der Waals surface area contributed by atoms with Gasteiger partial charge >= 0.3 is 5.97 Å². The standard InChI is InChI=1S/C28H22N2O3/c29-19-10-12-23-26(16-19)32-25-13-11-20(30-15-14-18-6-2-1-3-7-18)17-24(25)28(23)22-9-5-4-8-21(22)27(31)33-28/h1-13,16-17,30H,14-15,29H2. The second-order valence-corrected chi connectivity index (χ2v) is 8.35. The van der Waals surface area contributed by atoms with Gasteiger partial charge in [-0.1, -0.05) is 48.5 Å². The molecule has 5 nitrogen and oxygen atoms in total. The molecule has 1 spiro atoms. The van der Waals surface area contributed by atoms with Crippen LogP contribution in [0.2, 0.25) is 0 Å². The van der Waals surface area contributed by atoms with E-state index >= 15 is 0 Å². The number of nitrogens with one attached hydrogen (secondary N) is 1. The van der Waals surface area contributed by atoms with Gasteiger partial charge in [0, 0.05) is 40.7 Å². The summed E-state index contributed by atoms with van der Waals surface area (Å²) in [4.78, 5) is 12.9. The number of nitrogens with two attached hydrogens (primary N) is 1. The third-order valence-electron chi connectivity index (χ3n) is 6.32. The second kappa shape index (κ2) is 7.41. The zero-order valence-electron chi connectivity index (χ0n) is 17.9. The minimum atomic E-state index is -1.08. The van der Waals surface area contributed by atoms with Gasteiger partial charge in [0.1, 0.15) is 11.5 Å². The van der Waals surface area contributed by atoms with Gasteiger partial charge in [0.2, 0.25) is 0 Å². The number of hydrogen-bond donors (Lipinski definition) is 2. The quantitative estimate of drug-likeness (QED) is 0.328. The molecule has 0 aliphatic carbocycles. The van der Waals surface area contributed by atoms with Gasteiger partial charge in [-0.15, -0.1) is 0 Å². The molecular weight excluding hydrogens is 412 g/mol. The average Bonchev–Trinajstić information content (AvgIpc) is 3.13. The number of nitrogen functional groups attached to an aromatic ring is 1. The third-order valence-corrected chi connectivity index (χ3v) is 6.32. The molecule has 0 saturated carbocycles. The number of carbonyl (C=O) groups excluding carboxylic acids is 1. The number of ether oxygens (including phenoxy) is 2. The first-order valence-electron chi connectivity index (χ1n) is 11.0. The lowest BCUT2D eigenvalue weighted by Gasteiger charge is -2.36. The van der Waals surface area contributed by atoms with Gasteiger partial charge in [0.15, 0.2) is 5.60 Å². The van der Waals surface area contributed by atoms with Crippen molar-refractivity contribution in [2.24, 2.45) is 0 Å². The highest BCUT2D eigenvalue weighted by Crippen LogP contribution is 2.56. The lowest BCUT2D eigenvalue weighted by molar-refractivity contribution is 0.0224. The van der Waals surface area contributed by atoms with Gasteiger partial charge < -0.3 is 20.5 Å². The summed E-state index contributed by atoms with van der Waals surface area (Å²) in [6, 6.07) is 29.3. The van der Waals surface area contributed by atoms with Gasteiger partial charge in [-0.05, 0) is 48.4 Å². The molecule has 2 heterocycles. The van der Waals surface area contributed by atoms with Gasteiger partial charge in [0.25, 0.3) is 0 Å². The molecule has 2 aliphatic rings. The van der Waals surface area contributed by atoms with Crippen LogP contribution in [0.5, 0.6) is 11.5 Å². The summed E-state index contributed by atoms with van der Waals surface area (Å²) in [5.41, 5.74) is 10.7. The van der Waals surface area contributed by atoms with Crippen molar-refractivity contribution in [3.63, 3.8) is 0 Å². The van der Waals surface area contributed by atoms with E-state index in [1.165, 1.54) is 5.56 Å². The number of fused-ring (bicyclic) bond motifs is 6. The number of hydrogen-bond acceptors (Lipinski definition) is 5. The third kappa shape index (κ3) is 3.04. The van der Waals surface area contributed by atoms with E-state index < -0.39 is 5.60 Å². The Morgan fingerprint density at radius 1 is 0.788 bits per heavy atom. The Morgan fingerprint density at radius 3 is 2.48 bits per heavy atom. The zero-order chi connectivity index (χ0) is 22.4. The first-order valence-corrected chi connectivity index (χ1v) is 11.0. The molecule has 33 heavy (non-hydrogen) atoms. The van der Waals surface area contributed by atoms with E-state index in [0.29, 0.717) is 22.7 Å². The normalized spacial score (nSPS) is 17.5. The van der Waals surface area contributed by atoms with E-state index in [2.05, 4.69) is 17.4 Å². The number of rotatable bonds is 4. The Kier molecular flexibility index (Phi) is 4.37. The smallest absolute Gasteiger partial charge is 0.340 e. The Labute approximate surface area is 191 Å². The minimum absolute atomic E-state index is 0.344. The predicted molar refractivity (Wildman–Crippen MR) is 128 cm³/mol. The number of anilines is 2. The molecule has 1 atom stereocenters. The summed E-state index contributed by atoms with van der Waals surface area (Å²) in [6.07, 6.45) is 0.902. The van der Waals surface area contributed by atoms with Crippen LogP contribution < -0.4 is 15.8 Å². The first kappa shape index (κ1) is 19.4. The fraction of sp³-hybridized carbons (Fsp3) is 0.107. The van der Waals surface area contributed by atoms with Crippen LogP contribution in [0.1, 0.15) is 32.6 Å². The van der Waals surface area contributed by atoms with E-state index in [-0.39, 0.29) is 5.97 Å². The second-order valence-electron chi connectivity index (χ2n) is 8.35. The van der Waals surface area contributed by atoms with Crippen LogP contribution in [0.3, 0.4) is 0 Å². The summed E-state index contributed by atoms with van der Waals surface area (Å²) >= 11 is 0. The van der Waals surface area contributed by atoms with E-state index in [1.807, 2.05) is 66.7 Å². The van der Waals surface area contributed by atoms with Gasteiger partial charge in [-0.2, -0.15) is 0 Å². The maximum atomic E-state index is 12.9. The largest absolute Gasteiger partial charge is 0.456 e. The van der Waals surface area contributed by atoms with Crippen LogP contribution in [0.25, 0.3) is 0 Å². The number of benzene rings is 4. The zero-order valence-corrected chi connectivity index (χ0v) is 17.9. The number of esters is 1. The molecule has 0 saturated heterocycles. The fourth-order valence-electron chi connectivity index (χ4n) is 4.79. The highest BCUT2D eigenvalue weighted by atomic mass is 16.6. The van der Waals surface area contributed by atoms with Gasteiger partial charge in [-0.3, -0.25) is 0 Å². The van der Waals surface area contributed by atoms with Crippen molar-refractivity contribution in [2.75, 3.05) is 17.6 Å². The van der Waals surface area contributed by atoms with E-state index in [1.54, 1.807) is 12.1 Å². The average molecular weight is 434 g/mol. The van der Waals surface area contributed by atoms with Crippen LogP contribution in [0.15, 0.2) is 91.0 Å². The Morgan fingerprint density at radius 2 is 1.61 bits per heavy atom. The molecule has 0 bridgehead atoms. The number of carbonyl (C=O) groups is 1. The molecule has 162 valence electrons. The Bertz CT molecular complexity index is 1380. The van der Waals surface area contributed by atoms with E-state index in [4.69, 9.17) is 15.2 Å². The van der Waals surface area contributed by atoms with Gasteiger partial charge in [-0.25, -0.2) is 4.79 Å². The van der Waals surface area contributed by atoms with E-state index in [0.717, 1.165) is 35.3 Å². The molecule has 0 amide bonds. The van der Waals surface area contributed by atoms with Crippen molar-refractivity contribution >= 4 is 17.3 Å². The molecule has 6 rings (SSSR count). The molecule has 2 aliphatic heterocycles. The SMILES string of the molecule is Nc1ccc2c(c1)Oc1ccc(NCCc3ccccc3)cc1C21OC(=O)c2ccccc21. The highest BCUT2D eigenvalue weighted by Gasteiger charge is 2.53. The van der Waals surface area contributed by atoms with Crippen molar-refractivity contribution in [1.29, 1.82) is 0 Å². The van der Waals surface area contributed by atoms with Crippen LogP contribution in [-0.2, 0) is 16.8 Å². The monoisotopic (exact) mass is 434 g/mol. The lowest BCUT2D eigenvalue weighted by Crippen LogP contribution is -2.33. The lowest BCUT2D eigenvalue weighted by atomic mass is 9.77. The Hall–Kier alpha value is -4.25. The summed E-state index contributed by atoms with van der Waals surface area (Å²) < 4.78 is 12.4. The molecule has 0 fully saturated rings. The first-order chi connectivity index (χ1) is 16.1. The van der Waals surface area contributed by atoms with Crippen molar-refractivity contribution in [3.8, 4) is 11.5 Å². The van der Waals surface area contributed by atoms with Crippen LogP contribution >= 0.6 is 0 Å². The molecule has 1 unspecified atom stereocenters. The van der Waals surface area contributed by atoms with Crippen molar-refractivity contribution < 1.29 is 14.3 Å². The maximum absolute atomic E-state index is 12.9. The summed E-state index contributed by atoms with van der Waals surface area (Å²) in [7, 11) is 0. The summed E-state index contributed by atoms with van der Waals surface area (Å²) in [5.74, 6) is 0.895. The Balaban J connectivity index is 1.44. The summed E-state index contributed by atoms with van der Waals surface area (Å²) in [5, 5.41) is 3.50. The maximum Gasteiger partial charge on any atom is 0.340 e. The van der Waals surface area contributed by atoms with Crippen LogP contribution in [0, 0.1) is 0 Å². The van der Waals surface area contributed by atoms with Gasteiger partial charge in [0.05, 0.1) is 5.56 Å². The van der Waals surface area contributed by atoms with E-state index in [9.17, 15) is 4.79 Å². The predicted octanol–water partition coefficient (Wildman–Crippen LogP) is 5.49. The topological polar surface area (TPSA) is 73.6 Å². The molecule has 4 aromatic rings. The summed E-state index contributed by atoms with van der Waals surface area (Å²) in [6.45, 7) is 0.778. The van der Waals surface area contributed by atoms with Crippen LogP contribution in [-0.4, -0.2) is 12.5 Å². The van der Waals surface area contributed by atoms with Crippen molar-refractivity contribution in [3.05, 3.63) is 119 Å². The van der Waals surface area contributed by atoms with Crippen LogP contribution in [0.4, 0.5) is 11.4 Å².